The maximum atomic E-state index is 2.28. The zero-order chi connectivity index (χ0) is 7.71. The third-order valence-corrected chi connectivity index (χ3v) is 2.01. The molecular formula is C8H21Cl3P. The van der Waals surface area contributed by atoms with Gasteiger partial charge in [-0.3, -0.25) is 0 Å². The Labute approximate surface area is 97.7 Å². The maximum Gasteiger partial charge on any atom is -0.0136 e. The predicted octanol–water partition coefficient (Wildman–Crippen LogP) is 4.80. The third kappa shape index (κ3) is 22.5. The molecular weight excluding hydrogens is 233 g/mol. The quantitative estimate of drug-likeness (QED) is 0.545. The molecule has 0 N–H and O–H groups in total. The molecule has 0 unspecified atom stereocenters. The highest BCUT2D eigenvalue weighted by molar-refractivity contribution is 7.41. The lowest BCUT2D eigenvalue weighted by molar-refractivity contribution is 0.725. The second kappa shape index (κ2) is 7.68. The van der Waals surface area contributed by atoms with Gasteiger partial charge in [-0.05, 0) is 10.3 Å². The number of halogens is 3. The van der Waals surface area contributed by atoms with Crippen LogP contribution in [-0.4, -0.2) is 10.3 Å². The Kier molecular flexibility index (Phi) is 14.9. The number of hydrogen-bond donors (Lipinski definition) is 0. The van der Waals surface area contributed by atoms with Gasteiger partial charge in [0.25, 0.3) is 0 Å². The standard InChI is InChI=1S/C8H18P.3ClH/c1-7(2,3)9-8(4,5)6;;;/h1-6H3;3*1H. The molecule has 1 radical (unpaired) electrons. The van der Waals surface area contributed by atoms with Gasteiger partial charge in [-0.15, -0.1) is 37.2 Å². The minimum absolute atomic E-state index is 0. The highest BCUT2D eigenvalue weighted by atomic mass is 35.5. The van der Waals surface area contributed by atoms with E-state index in [1.165, 1.54) is 8.58 Å². The number of rotatable bonds is 0. The molecule has 0 aromatic heterocycles. The first-order valence-electron chi connectivity index (χ1n) is 3.45. The maximum absolute atomic E-state index is 2.28. The SMILES string of the molecule is CC(C)(C)[P]C(C)(C)C.Cl.Cl.Cl. The average Bonchev–Trinajstić information content (AvgIpc) is 1.14. The summed E-state index contributed by atoms with van der Waals surface area (Å²) in [5.41, 5.74) is 0. The van der Waals surface area contributed by atoms with Crippen LogP contribution in [0.2, 0.25) is 0 Å². The van der Waals surface area contributed by atoms with Gasteiger partial charge in [0.15, 0.2) is 0 Å². The first-order chi connectivity index (χ1) is 3.71. The Hall–Kier alpha value is 1.30. The average molecular weight is 255 g/mol. The van der Waals surface area contributed by atoms with Crippen molar-refractivity contribution >= 4 is 45.8 Å². The molecule has 0 saturated heterocycles. The molecule has 0 saturated carbocycles. The molecule has 0 spiro atoms. The third-order valence-electron chi connectivity index (χ3n) is 0.671. The van der Waals surface area contributed by atoms with Crippen LogP contribution < -0.4 is 0 Å². The monoisotopic (exact) mass is 253 g/mol. The van der Waals surface area contributed by atoms with Gasteiger partial charge in [0.05, 0.1) is 0 Å². The molecule has 4 heteroatoms. The molecule has 79 valence electrons. The summed E-state index contributed by atoms with van der Waals surface area (Å²) in [6.07, 6.45) is 0. The van der Waals surface area contributed by atoms with Crippen LogP contribution in [0, 0.1) is 0 Å². The van der Waals surface area contributed by atoms with E-state index in [0.29, 0.717) is 10.3 Å². The molecule has 0 aromatic rings. The van der Waals surface area contributed by atoms with E-state index in [4.69, 9.17) is 0 Å². The molecule has 0 amide bonds. The minimum atomic E-state index is 0. The summed E-state index contributed by atoms with van der Waals surface area (Å²) < 4.78 is 0. The van der Waals surface area contributed by atoms with Crippen molar-refractivity contribution in [3.05, 3.63) is 0 Å². The van der Waals surface area contributed by atoms with Crippen molar-refractivity contribution in [2.75, 3.05) is 0 Å². The molecule has 0 heterocycles. The van der Waals surface area contributed by atoms with Crippen LogP contribution in [0.4, 0.5) is 0 Å². The van der Waals surface area contributed by atoms with Gasteiger partial charge in [-0.1, -0.05) is 50.1 Å². The van der Waals surface area contributed by atoms with E-state index < -0.39 is 0 Å². The van der Waals surface area contributed by atoms with E-state index in [0.717, 1.165) is 0 Å². The number of hydrogen-bond acceptors (Lipinski definition) is 0. The van der Waals surface area contributed by atoms with E-state index in [2.05, 4.69) is 41.5 Å². The lowest BCUT2D eigenvalue weighted by atomic mass is 10.2. The predicted molar refractivity (Wildman–Crippen MR) is 68.2 cm³/mol. The van der Waals surface area contributed by atoms with Crippen molar-refractivity contribution < 1.29 is 0 Å². The second-order valence-electron chi connectivity index (χ2n) is 4.45. The molecule has 12 heavy (non-hydrogen) atoms. The van der Waals surface area contributed by atoms with Crippen LogP contribution in [-0.2, 0) is 0 Å². The van der Waals surface area contributed by atoms with Crippen LogP contribution in [0.25, 0.3) is 0 Å². The van der Waals surface area contributed by atoms with Crippen molar-refractivity contribution in [3.63, 3.8) is 0 Å². The van der Waals surface area contributed by atoms with Gasteiger partial charge < -0.3 is 0 Å². The smallest absolute Gasteiger partial charge is 0.0136 e. The molecule has 0 fully saturated rings. The van der Waals surface area contributed by atoms with Gasteiger partial charge in [0.2, 0.25) is 0 Å². The van der Waals surface area contributed by atoms with Crippen LogP contribution in [0.3, 0.4) is 0 Å². The summed E-state index contributed by atoms with van der Waals surface area (Å²) in [6.45, 7) is 13.7. The van der Waals surface area contributed by atoms with Crippen molar-refractivity contribution in [1.82, 2.24) is 0 Å². The van der Waals surface area contributed by atoms with Crippen molar-refractivity contribution in [2.45, 2.75) is 51.9 Å². The molecule has 0 rings (SSSR count). The van der Waals surface area contributed by atoms with Gasteiger partial charge in [0, 0.05) is 0 Å². The van der Waals surface area contributed by atoms with Crippen molar-refractivity contribution in [1.29, 1.82) is 0 Å². The van der Waals surface area contributed by atoms with Crippen LogP contribution in [0.5, 0.6) is 0 Å². The van der Waals surface area contributed by atoms with Crippen LogP contribution >= 0.6 is 45.8 Å². The summed E-state index contributed by atoms with van der Waals surface area (Å²) in [4.78, 5) is 0. The summed E-state index contributed by atoms with van der Waals surface area (Å²) >= 11 is 0. The Bertz CT molecular complexity index is 79.5. The molecule has 0 bridgehead atoms. The molecule has 0 aliphatic carbocycles. The topological polar surface area (TPSA) is 0 Å². The Morgan fingerprint density at radius 2 is 0.750 bits per heavy atom. The van der Waals surface area contributed by atoms with Gasteiger partial charge in [0.1, 0.15) is 0 Å². The molecule has 0 aliphatic rings. The van der Waals surface area contributed by atoms with Crippen LogP contribution in [0.15, 0.2) is 0 Å². The zero-order valence-corrected chi connectivity index (χ0v) is 12.0. The highest BCUT2D eigenvalue weighted by Crippen LogP contribution is 2.41. The first kappa shape index (κ1) is 23.3. The van der Waals surface area contributed by atoms with Crippen molar-refractivity contribution in [3.8, 4) is 0 Å². The van der Waals surface area contributed by atoms with E-state index in [1.54, 1.807) is 0 Å². The molecule has 0 aliphatic heterocycles. The molecule has 0 atom stereocenters. The Morgan fingerprint density at radius 3 is 0.750 bits per heavy atom. The van der Waals surface area contributed by atoms with Crippen molar-refractivity contribution in [2.24, 2.45) is 0 Å². The summed E-state index contributed by atoms with van der Waals surface area (Å²) in [6, 6.07) is 0. The molecule has 0 aromatic carbocycles. The van der Waals surface area contributed by atoms with E-state index >= 15 is 0 Å². The fraction of sp³-hybridized carbons (Fsp3) is 1.00. The summed E-state index contributed by atoms with van der Waals surface area (Å²) in [5.74, 6) is 0. The highest BCUT2D eigenvalue weighted by Gasteiger charge is 2.20. The van der Waals surface area contributed by atoms with E-state index in [-0.39, 0.29) is 37.2 Å². The Balaban J connectivity index is -0.000000107. The van der Waals surface area contributed by atoms with Crippen LogP contribution in [0.1, 0.15) is 41.5 Å². The first-order valence-corrected chi connectivity index (χ1v) is 4.34. The minimum Gasteiger partial charge on any atom is -0.147 e. The van der Waals surface area contributed by atoms with E-state index in [9.17, 15) is 0 Å². The summed E-state index contributed by atoms with van der Waals surface area (Å²) in [7, 11) is 1.53. The summed E-state index contributed by atoms with van der Waals surface area (Å²) in [5, 5.41) is 0.913. The van der Waals surface area contributed by atoms with E-state index in [1.807, 2.05) is 0 Å². The largest absolute Gasteiger partial charge is 0.147 e. The fourth-order valence-electron chi connectivity index (χ4n) is 1.01. The van der Waals surface area contributed by atoms with Gasteiger partial charge >= 0.3 is 0 Å². The zero-order valence-electron chi connectivity index (χ0n) is 8.67. The lowest BCUT2D eigenvalue weighted by Gasteiger charge is -2.27. The Morgan fingerprint density at radius 1 is 0.583 bits per heavy atom. The van der Waals surface area contributed by atoms with Gasteiger partial charge in [-0.2, -0.15) is 0 Å². The lowest BCUT2D eigenvalue weighted by Crippen LogP contribution is -2.16. The fourth-order valence-corrected chi connectivity index (χ4v) is 3.02. The van der Waals surface area contributed by atoms with Gasteiger partial charge in [-0.25, -0.2) is 0 Å². The normalized spacial score (nSPS) is 10.5. The molecule has 0 nitrogen and oxygen atoms in total. The second-order valence-corrected chi connectivity index (χ2v) is 7.36.